The molecule has 0 aliphatic rings. The van der Waals surface area contributed by atoms with Gasteiger partial charge in [0.1, 0.15) is 0 Å². The molecule has 0 radical (unpaired) electrons. The molecule has 4 rings (SSSR count). The number of primary sulfonamides is 1. The van der Waals surface area contributed by atoms with Gasteiger partial charge in [0.05, 0.1) is 4.90 Å². The third-order valence-corrected chi connectivity index (χ3v) is 5.39. The van der Waals surface area contributed by atoms with Crippen LogP contribution in [0, 0.1) is 0 Å². The van der Waals surface area contributed by atoms with Crippen molar-refractivity contribution < 1.29 is 8.42 Å². The van der Waals surface area contributed by atoms with Gasteiger partial charge in [0.25, 0.3) is 0 Å². The van der Waals surface area contributed by atoms with Crippen molar-refractivity contribution in [3.63, 3.8) is 0 Å². The van der Waals surface area contributed by atoms with E-state index in [1.165, 1.54) is 22.4 Å². The van der Waals surface area contributed by atoms with Gasteiger partial charge in [0.2, 0.25) is 10.0 Å². The zero-order chi connectivity index (χ0) is 18.1. The number of benzene rings is 4. The molecule has 0 saturated carbocycles. The van der Waals surface area contributed by atoms with E-state index < -0.39 is 10.0 Å². The molecule has 0 aliphatic carbocycles. The SMILES string of the molecule is NS(=O)(=O)c1cccc(-c2ccc(-c3cccc4ccccc34)cc2)c1. The first kappa shape index (κ1) is 16.5. The number of nitrogens with two attached hydrogens (primary N) is 1. The van der Waals surface area contributed by atoms with Gasteiger partial charge in [-0.1, -0.05) is 78.9 Å². The van der Waals surface area contributed by atoms with Crippen LogP contribution >= 0.6 is 0 Å². The van der Waals surface area contributed by atoms with Crippen LogP contribution in [0.3, 0.4) is 0 Å². The van der Waals surface area contributed by atoms with Gasteiger partial charge in [-0.05, 0) is 45.2 Å². The molecule has 4 aromatic carbocycles. The molecule has 0 aromatic heterocycles. The molecule has 0 saturated heterocycles. The van der Waals surface area contributed by atoms with Gasteiger partial charge >= 0.3 is 0 Å². The first-order valence-corrected chi connectivity index (χ1v) is 9.78. The lowest BCUT2D eigenvalue weighted by atomic mass is 9.96. The van der Waals surface area contributed by atoms with Gasteiger partial charge in [-0.3, -0.25) is 0 Å². The Bertz CT molecular complexity index is 1190. The van der Waals surface area contributed by atoms with Crippen LogP contribution in [-0.2, 0) is 10.0 Å². The van der Waals surface area contributed by atoms with E-state index >= 15 is 0 Å². The Labute approximate surface area is 152 Å². The summed E-state index contributed by atoms with van der Waals surface area (Å²) in [5.41, 5.74) is 4.06. The lowest BCUT2D eigenvalue weighted by Crippen LogP contribution is -2.11. The molecule has 0 fully saturated rings. The summed E-state index contributed by atoms with van der Waals surface area (Å²) in [6.45, 7) is 0. The summed E-state index contributed by atoms with van der Waals surface area (Å²) in [7, 11) is -3.71. The largest absolute Gasteiger partial charge is 0.238 e. The fourth-order valence-electron chi connectivity index (χ4n) is 3.17. The van der Waals surface area contributed by atoms with Gasteiger partial charge in [0, 0.05) is 0 Å². The van der Waals surface area contributed by atoms with Crippen molar-refractivity contribution >= 4 is 20.8 Å². The summed E-state index contributed by atoms with van der Waals surface area (Å²) in [6.07, 6.45) is 0. The summed E-state index contributed by atoms with van der Waals surface area (Å²) in [6, 6.07) is 29.4. The summed E-state index contributed by atoms with van der Waals surface area (Å²) in [5, 5.41) is 7.64. The average molecular weight is 359 g/mol. The summed E-state index contributed by atoms with van der Waals surface area (Å²) < 4.78 is 23.1. The van der Waals surface area contributed by atoms with E-state index in [2.05, 4.69) is 42.5 Å². The Balaban J connectivity index is 1.76. The monoisotopic (exact) mass is 359 g/mol. The zero-order valence-corrected chi connectivity index (χ0v) is 14.8. The van der Waals surface area contributed by atoms with Gasteiger partial charge in [-0.15, -0.1) is 0 Å². The standard InChI is InChI=1S/C22H17NO2S/c23-26(24,25)20-8-3-7-19(15-20)16-11-13-18(14-12-16)22-10-4-6-17-5-1-2-9-21(17)22/h1-15H,(H2,23,24,25). The van der Waals surface area contributed by atoms with Crippen molar-refractivity contribution in [2.24, 2.45) is 5.14 Å². The normalized spacial score (nSPS) is 11.6. The molecule has 4 heteroatoms. The number of sulfonamides is 1. The molecule has 128 valence electrons. The van der Waals surface area contributed by atoms with E-state index in [-0.39, 0.29) is 4.90 Å². The van der Waals surface area contributed by atoms with Crippen LogP contribution in [0.4, 0.5) is 0 Å². The summed E-state index contributed by atoms with van der Waals surface area (Å²) >= 11 is 0. The molecule has 0 atom stereocenters. The molecule has 0 spiro atoms. The minimum atomic E-state index is -3.71. The van der Waals surface area contributed by atoms with Crippen LogP contribution in [0.25, 0.3) is 33.0 Å². The third kappa shape index (κ3) is 3.12. The van der Waals surface area contributed by atoms with E-state index in [9.17, 15) is 8.42 Å². The van der Waals surface area contributed by atoms with E-state index in [1.807, 2.05) is 30.3 Å². The number of rotatable bonds is 3. The zero-order valence-electron chi connectivity index (χ0n) is 14.0. The van der Waals surface area contributed by atoms with Crippen LogP contribution in [0.2, 0.25) is 0 Å². The van der Waals surface area contributed by atoms with E-state index in [0.717, 1.165) is 16.7 Å². The predicted octanol–water partition coefficient (Wildman–Crippen LogP) is 4.82. The maximum atomic E-state index is 11.6. The Morgan fingerprint density at radius 3 is 2.04 bits per heavy atom. The molecule has 0 unspecified atom stereocenters. The first-order valence-electron chi connectivity index (χ1n) is 8.24. The number of hydrogen-bond acceptors (Lipinski definition) is 2. The fraction of sp³-hybridized carbons (Fsp3) is 0. The maximum absolute atomic E-state index is 11.6. The van der Waals surface area contributed by atoms with Crippen molar-refractivity contribution in [3.05, 3.63) is 91.0 Å². The van der Waals surface area contributed by atoms with Gasteiger partial charge in [-0.2, -0.15) is 0 Å². The molecule has 0 heterocycles. The molecular weight excluding hydrogens is 342 g/mol. The van der Waals surface area contributed by atoms with Crippen LogP contribution in [0.5, 0.6) is 0 Å². The van der Waals surface area contributed by atoms with Crippen molar-refractivity contribution in [1.82, 2.24) is 0 Å². The molecule has 2 N–H and O–H groups in total. The second-order valence-electron chi connectivity index (χ2n) is 6.18. The minimum absolute atomic E-state index is 0.119. The Morgan fingerprint density at radius 2 is 1.27 bits per heavy atom. The van der Waals surface area contributed by atoms with Gasteiger partial charge < -0.3 is 0 Å². The summed E-state index contributed by atoms with van der Waals surface area (Å²) in [5.74, 6) is 0. The quantitative estimate of drug-likeness (QED) is 0.570. The van der Waals surface area contributed by atoms with Crippen LogP contribution in [-0.4, -0.2) is 8.42 Å². The highest BCUT2D eigenvalue weighted by Crippen LogP contribution is 2.30. The van der Waals surface area contributed by atoms with Crippen molar-refractivity contribution in [1.29, 1.82) is 0 Å². The average Bonchev–Trinajstić information content (AvgIpc) is 2.67. The third-order valence-electron chi connectivity index (χ3n) is 4.48. The number of hydrogen-bond donors (Lipinski definition) is 1. The Kier molecular flexibility index (Phi) is 4.07. The van der Waals surface area contributed by atoms with E-state index in [4.69, 9.17) is 5.14 Å². The lowest BCUT2D eigenvalue weighted by Gasteiger charge is -2.09. The molecule has 26 heavy (non-hydrogen) atoms. The molecule has 0 bridgehead atoms. The number of fused-ring (bicyclic) bond motifs is 1. The van der Waals surface area contributed by atoms with Crippen molar-refractivity contribution in [2.45, 2.75) is 4.90 Å². The van der Waals surface area contributed by atoms with E-state index in [0.29, 0.717) is 0 Å². The second-order valence-corrected chi connectivity index (χ2v) is 7.74. The van der Waals surface area contributed by atoms with Gasteiger partial charge in [0.15, 0.2) is 0 Å². The topological polar surface area (TPSA) is 60.2 Å². The molecular formula is C22H17NO2S. The highest BCUT2D eigenvalue weighted by atomic mass is 32.2. The fourth-order valence-corrected chi connectivity index (χ4v) is 3.73. The Hall–Kier alpha value is -2.95. The van der Waals surface area contributed by atoms with Crippen molar-refractivity contribution in [2.75, 3.05) is 0 Å². The van der Waals surface area contributed by atoms with Crippen LogP contribution < -0.4 is 5.14 Å². The van der Waals surface area contributed by atoms with E-state index in [1.54, 1.807) is 12.1 Å². The first-order chi connectivity index (χ1) is 12.5. The molecule has 3 nitrogen and oxygen atoms in total. The highest BCUT2D eigenvalue weighted by Gasteiger charge is 2.09. The smallest absolute Gasteiger partial charge is 0.225 e. The Morgan fingerprint density at radius 1 is 0.615 bits per heavy atom. The molecule has 4 aromatic rings. The predicted molar refractivity (Wildman–Crippen MR) is 106 cm³/mol. The highest BCUT2D eigenvalue weighted by molar-refractivity contribution is 7.89. The summed E-state index contributed by atoms with van der Waals surface area (Å²) in [4.78, 5) is 0.119. The maximum Gasteiger partial charge on any atom is 0.238 e. The van der Waals surface area contributed by atoms with Crippen LogP contribution in [0.15, 0.2) is 95.9 Å². The molecule has 0 aliphatic heterocycles. The second kappa shape index (κ2) is 6.41. The lowest BCUT2D eigenvalue weighted by molar-refractivity contribution is 0.598. The molecule has 0 amide bonds. The van der Waals surface area contributed by atoms with Gasteiger partial charge in [-0.25, -0.2) is 13.6 Å². The minimum Gasteiger partial charge on any atom is -0.225 e. The van der Waals surface area contributed by atoms with Crippen molar-refractivity contribution in [3.8, 4) is 22.3 Å². The van der Waals surface area contributed by atoms with Crippen LogP contribution in [0.1, 0.15) is 0 Å².